The number of benzene rings is 2. The average Bonchev–Trinajstić information content (AvgIpc) is 3.06. The number of carbonyl (C=O) groups is 2. The second-order valence-electron chi connectivity index (χ2n) is 6.32. The Hall–Kier alpha value is -2.82. The molecule has 5 nitrogen and oxygen atoms in total. The van der Waals surface area contributed by atoms with Gasteiger partial charge in [-0.15, -0.1) is 0 Å². The second-order valence-corrected chi connectivity index (χ2v) is 6.32. The predicted octanol–water partition coefficient (Wildman–Crippen LogP) is 3.57. The van der Waals surface area contributed by atoms with Crippen LogP contribution in [0, 0.1) is 6.92 Å². The Labute approximate surface area is 146 Å². The molecule has 0 radical (unpaired) electrons. The normalized spacial score (nSPS) is 19.6. The van der Waals surface area contributed by atoms with E-state index in [9.17, 15) is 14.7 Å². The molecule has 1 saturated heterocycles. The van der Waals surface area contributed by atoms with Gasteiger partial charge < -0.3 is 9.84 Å². The number of hydrogen-bond donors (Lipinski definition) is 1. The minimum absolute atomic E-state index is 0.137. The van der Waals surface area contributed by atoms with E-state index in [1.54, 1.807) is 0 Å². The van der Waals surface area contributed by atoms with Crippen LogP contribution in [0.3, 0.4) is 0 Å². The van der Waals surface area contributed by atoms with Crippen molar-refractivity contribution in [1.82, 2.24) is 4.90 Å². The summed E-state index contributed by atoms with van der Waals surface area (Å²) in [5, 5.41) is 9.65. The van der Waals surface area contributed by atoms with E-state index in [2.05, 4.69) is 0 Å². The highest BCUT2D eigenvalue weighted by atomic mass is 16.6. The number of hydrogen-bond acceptors (Lipinski definition) is 3. The number of likely N-dealkylation sites (tertiary alicyclic amines) is 1. The molecular weight excluding hydrogens is 318 g/mol. The van der Waals surface area contributed by atoms with Gasteiger partial charge in [-0.05, 0) is 24.5 Å². The van der Waals surface area contributed by atoms with Crippen molar-refractivity contribution in [3.63, 3.8) is 0 Å². The third-order valence-corrected chi connectivity index (χ3v) is 4.60. The topological polar surface area (TPSA) is 66.8 Å². The number of ether oxygens (including phenoxy) is 1. The molecule has 1 aliphatic heterocycles. The molecule has 2 unspecified atom stereocenters. The van der Waals surface area contributed by atoms with Crippen molar-refractivity contribution in [3.8, 4) is 0 Å². The first-order valence-corrected chi connectivity index (χ1v) is 8.33. The minimum Gasteiger partial charge on any atom is -0.480 e. The van der Waals surface area contributed by atoms with Crippen molar-refractivity contribution in [2.75, 3.05) is 6.54 Å². The van der Waals surface area contributed by atoms with Gasteiger partial charge in [0.2, 0.25) is 0 Å². The fourth-order valence-corrected chi connectivity index (χ4v) is 3.27. The van der Waals surface area contributed by atoms with Gasteiger partial charge >= 0.3 is 12.1 Å². The molecule has 0 saturated carbocycles. The molecule has 3 rings (SSSR count). The van der Waals surface area contributed by atoms with Crippen LogP contribution in [0.2, 0.25) is 0 Å². The molecule has 0 aliphatic carbocycles. The molecule has 1 aliphatic rings. The smallest absolute Gasteiger partial charge is 0.410 e. The SMILES string of the molecule is Cc1ccc(C2CCN(C(=O)OCc3ccccc3)C2C(=O)O)cc1. The number of carboxylic acids is 1. The first kappa shape index (κ1) is 17.0. The molecule has 0 aromatic heterocycles. The van der Waals surface area contributed by atoms with E-state index in [0.29, 0.717) is 13.0 Å². The summed E-state index contributed by atoms with van der Waals surface area (Å²) < 4.78 is 5.32. The summed E-state index contributed by atoms with van der Waals surface area (Å²) in [5.41, 5.74) is 2.93. The molecular formula is C20H21NO4. The van der Waals surface area contributed by atoms with E-state index in [-0.39, 0.29) is 12.5 Å². The maximum atomic E-state index is 12.4. The molecule has 0 spiro atoms. The number of carbonyl (C=O) groups excluding carboxylic acids is 1. The van der Waals surface area contributed by atoms with Gasteiger partial charge in [0.05, 0.1) is 0 Å². The van der Waals surface area contributed by atoms with Gasteiger partial charge in [-0.1, -0.05) is 60.2 Å². The van der Waals surface area contributed by atoms with Crippen LogP contribution in [-0.2, 0) is 16.1 Å². The van der Waals surface area contributed by atoms with Crippen LogP contribution < -0.4 is 0 Å². The van der Waals surface area contributed by atoms with Gasteiger partial charge in [0.1, 0.15) is 12.6 Å². The van der Waals surface area contributed by atoms with Crippen LogP contribution in [0.1, 0.15) is 29.0 Å². The van der Waals surface area contributed by atoms with Crippen molar-refractivity contribution in [2.24, 2.45) is 0 Å². The molecule has 130 valence electrons. The third kappa shape index (κ3) is 3.82. The number of aliphatic carboxylic acids is 1. The van der Waals surface area contributed by atoms with E-state index in [1.165, 1.54) is 4.90 Å². The Bertz CT molecular complexity index is 742. The number of rotatable bonds is 4. The summed E-state index contributed by atoms with van der Waals surface area (Å²) in [4.78, 5) is 25.5. The largest absolute Gasteiger partial charge is 0.480 e. The highest BCUT2D eigenvalue weighted by Crippen LogP contribution is 2.34. The Morgan fingerprint density at radius 1 is 1.12 bits per heavy atom. The van der Waals surface area contributed by atoms with Crippen LogP contribution in [0.25, 0.3) is 0 Å². The zero-order chi connectivity index (χ0) is 17.8. The highest BCUT2D eigenvalue weighted by Gasteiger charge is 2.43. The lowest BCUT2D eigenvalue weighted by Crippen LogP contribution is -2.42. The maximum Gasteiger partial charge on any atom is 0.410 e. The molecule has 1 amide bonds. The van der Waals surface area contributed by atoms with Crippen molar-refractivity contribution < 1.29 is 19.4 Å². The van der Waals surface area contributed by atoms with Crippen LogP contribution in [-0.4, -0.2) is 34.7 Å². The number of amides is 1. The number of carboxylic acid groups (broad SMARTS) is 1. The van der Waals surface area contributed by atoms with Gasteiger partial charge in [0, 0.05) is 12.5 Å². The van der Waals surface area contributed by atoms with Crippen LogP contribution in [0.15, 0.2) is 54.6 Å². The summed E-state index contributed by atoms with van der Waals surface area (Å²) in [6, 6.07) is 16.3. The van der Waals surface area contributed by atoms with E-state index >= 15 is 0 Å². The zero-order valence-electron chi connectivity index (χ0n) is 14.1. The van der Waals surface area contributed by atoms with Crippen molar-refractivity contribution in [2.45, 2.75) is 31.9 Å². The fraction of sp³-hybridized carbons (Fsp3) is 0.300. The number of nitrogens with zero attached hydrogens (tertiary/aromatic N) is 1. The predicted molar refractivity (Wildman–Crippen MR) is 93.3 cm³/mol. The Balaban J connectivity index is 1.71. The summed E-state index contributed by atoms with van der Waals surface area (Å²) in [7, 11) is 0. The second kappa shape index (κ2) is 7.38. The van der Waals surface area contributed by atoms with E-state index in [0.717, 1.165) is 16.7 Å². The highest BCUT2D eigenvalue weighted by molar-refractivity contribution is 5.82. The quantitative estimate of drug-likeness (QED) is 0.925. The maximum absolute atomic E-state index is 12.4. The van der Waals surface area contributed by atoms with Crippen LogP contribution >= 0.6 is 0 Å². The zero-order valence-corrected chi connectivity index (χ0v) is 14.1. The van der Waals surface area contributed by atoms with Crippen molar-refractivity contribution in [3.05, 3.63) is 71.3 Å². The van der Waals surface area contributed by atoms with Gasteiger partial charge in [-0.2, -0.15) is 0 Å². The van der Waals surface area contributed by atoms with Crippen molar-refractivity contribution >= 4 is 12.1 Å². The summed E-state index contributed by atoms with van der Waals surface area (Å²) in [6.07, 6.45) is 0.0337. The summed E-state index contributed by atoms with van der Waals surface area (Å²) in [6.45, 7) is 2.50. The van der Waals surface area contributed by atoms with Crippen molar-refractivity contribution in [1.29, 1.82) is 0 Å². The third-order valence-electron chi connectivity index (χ3n) is 4.60. The summed E-state index contributed by atoms with van der Waals surface area (Å²) in [5.74, 6) is -1.22. The van der Waals surface area contributed by atoms with Crippen LogP contribution in [0.5, 0.6) is 0 Å². The van der Waals surface area contributed by atoms with Gasteiger partial charge in [-0.25, -0.2) is 9.59 Å². The van der Waals surface area contributed by atoms with Gasteiger partial charge in [0.15, 0.2) is 0 Å². The molecule has 1 N–H and O–H groups in total. The van der Waals surface area contributed by atoms with Gasteiger partial charge in [0.25, 0.3) is 0 Å². The minimum atomic E-state index is -1.00. The summed E-state index contributed by atoms with van der Waals surface area (Å²) >= 11 is 0. The molecule has 2 aromatic carbocycles. The van der Waals surface area contributed by atoms with Gasteiger partial charge in [-0.3, -0.25) is 4.90 Å². The lowest BCUT2D eigenvalue weighted by molar-refractivity contribution is -0.142. The van der Waals surface area contributed by atoms with E-state index < -0.39 is 18.1 Å². The molecule has 25 heavy (non-hydrogen) atoms. The average molecular weight is 339 g/mol. The molecule has 5 heteroatoms. The molecule has 0 bridgehead atoms. The Morgan fingerprint density at radius 3 is 2.44 bits per heavy atom. The first-order valence-electron chi connectivity index (χ1n) is 8.33. The molecule has 1 heterocycles. The van der Waals surface area contributed by atoms with E-state index in [4.69, 9.17) is 4.74 Å². The lowest BCUT2D eigenvalue weighted by Gasteiger charge is -2.24. The van der Waals surface area contributed by atoms with Crippen LogP contribution in [0.4, 0.5) is 4.79 Å². The first-order chi connectivity index (χ1) is 12.1. The number of aryl methyl sites for hydroxylation is 1. The molecule has 2 atom stereocenters. The fourth-order valence-electron chi connectivity index (χ4n) is 3.27. The molecule has 1 fully saturated rings. The Morgan fingerprint density at radius 2 is 1.80 bits per heavy atom. The van der Waals surface area contributed by atoms with E-state index in [1.807, 2.05) is 61.5 Å². The molecule has 2 aromatic rings. The standard InChI is InChI=1S/C20H21NO4/c1-14-7-9-16(10-8-14)17-11-12-21(18(17)19(22)23)20(24)25-13-15-5-3-2-4-6-15/h2-10,17-18H,11-13H2,1H3,(H,22,23). The monoisotopic (exact) mass is 339 g/mol. The Kier molecular flexibility index (Phi) is 5.03. The lowest BCUT2D eigenvalue weighted by atomic mass is 9.91.